The van der Waals surface area contributed by atoms with E-state index in [1.807, 2.05) is 26.0 Å². The molecule has 0 aromatic heterocycles. The molecule has 1 atom stereocenters. The quantitative estimate of drug-likeness (QED) is 0.737. The molecule has 1 unspecified atom stereocenters. The average molecular weight is 388 g/mol. The highest BCUT2D eigenvalue weighted by atomic mass is 32.2. The standard InChI is InChI=1S/C22H29NO3S/c1-16(2)15-19-7-9-20(10-8-19)18(4)23-22(24)13-14-27(25,26)21-11-5-17(3)6-12-21/h5-12,16,18H,13-15H2,1-4H3,(H,23,24). The molecule has 1 amide bonds. The molecule has 0 bridgehead atoms. The Morgan fingerprint density at radius 2 is 1.56 bits per heavy atom. The summed E-state index contributed by atoms with van der Waals surface area (Å²) in [4.78, 5) is 12.5. The topological polar surface area (TPSA) is 63.2 Å². The van der Waals surface area contributed by atoms with Crippen molar-refractivity contribution in [3.63, 3.8) is 0 Å². The average Bonchev–Trinajstić information content (AvgIpc) is 2.60. The maximum atomic E-state index is 12.3. The molecule has 0 heterocycles. The van der Waals surface area contributed by atoms with Crippen LogP contribution in [0.2, 0.25) is 0 Å². The molecular formula is C22H29NO3S. The van der Waals surface area contributed by atoms with Crippen LogP contribution in [0.1, 0.15) is 49.9 Å². The predicted octanol–water partition coefficient (Wildman–Crippen LogP) is 4.23. The first-order valence-corrected chi connectivity index (χ1v) is 11.0. The number of hydrogen-bond acceptors (Lipinski definition) is 3. The highest BCUT2D eigenvalue weighted by Crippen LogP contribution is 2.17. The van der Waals surface area contributed by atoms with E-state index in [2.05, 4.69) is 31.3 Å². The van der Waals surface area contributed by atoms with Crippen LogP contribution in [0.3, 0.4) is 0 Å². The van der Waals surface area contributed by atoms with Crippen molar-refractivity contribution in [3.05, 3.63) is 65.2 Å². The van der Waals surface area contributed by atoms with Gasteiger partial charge in [-0.1, -0.05) is 55.8 Å². The highest BCUT2D eigenvalue weighted by molar-refractivity contribution is 7.91. The minimum Gasteiger partial charge on any atom is -0.350 e. The van der Waals surface area contributed by atoms with Gasteiger partial charge in [-0.05, 0) is 49.4 Å². The van der Waals surface area contributed by atoms with E-state index in [9.17, 15) is 13.2 Å². The first kappa shape index (κ1) is 21.2. The largest absolute Gasteiger partial charge is 0.350 e. The number of nitrogens with one attached hydrogen (secondary N) is 1. The number of carbonyl (C=O) groups excluding carboxylic acids is 1. The molecule has 0 radical (unpaired) electrons. The van der Waals surface area contributed by atoms with Crippen LogP contribution in [-0.4, -0.2) is 20.1 Å². The molecule has 0 spiro atoms. The summed E-state index contributed by atoms with van der Waals surface area (Å²) in [5, 5.41) is 2.89. The van der Waals surface area contributed by atoms with E-state index in [1.165, 1.54) is 5.56 Å². The summed E-state index contributed by atoms with van der Waals surface area (Å²) in [5.74, 6) is 0.148. The van der Waals surface area contributed by atoms with Crippen molar-refractivity contribution in [2.45, 2.75) is 51.5 Å². The van der Waals surface area contributed by atoms with Gasteiger partial charge in [0.1, 0.15) is 0 Å². The number of sulfone groups is 1. The fourth-order valence-corrected chi connectivity index (χ4v) is 4.14. The third-order valence-corrected chi connectivity index (χ3v) is 6.21. The molecule has 5 heteroatoms. The second kappa shape index (κ2) is 9.18. The van der Waals surface area contributed by atoms with E-state index in [1.54, 1.807) is 24.3 Å². The van der Waals surface area contributed by atoms with Crippen LogP contribution in [0.5, 0.6) is 0 Å². The molecule has 0 saturated carbocycles. The molecular weight excluding hydrogens is 358 g/mol. The number of rotatable bonds is 8. The first-order chi connectivity index (χ1) is 12.7. The Hall–Kier alpha value is -2.14. The maximum Gasteiger partial charge on any atom is 0.221 e. The molecule has 4 nitrogen and oxygen atoms in total. The summed E-state index contributed by atoms with van der Waals surface area (Å²) in [6, 6.07) is 14.7. The van der Waals surface area contributed by atoms with Crippen LogP contribution in [0, 0.1) is 12.8 Å². The van der Waals surface area contributed by atoms with Gasteiger partial charge < -0.3 is 5.32 Å². The molecule has 0 aliphatic carbocycles. The van der Waals surface area contributed by atoms with E-state index in [4.69, 9.17) is 0 Å². The Labute approximate surface area is 162 Å². The smallest absolute Gasteiger partial charge is 0.221 e. The Bertz CT molecular complexity index is 853. The normalized spacial score (nSPS) is 12.8. The second-order valence-corrected chi connectivity index (χ2v) is 9.62. The summed E-state index contributed by atoms with van der Waals surface area (Å²) in [6.07, 6.45) is 0.976. The lowest BCUT2D eigenvalue weighted by molar-refractivity contribution is -0.121. The van der Waals surface area contributed by atoms with Crippen molar-refractivity contribution >= 4 is 15.7 Å². The van der Waals surface area contributed by atoms with Crippen molar-refractivity contribution in [1.82, 2.24) is 5.32 Å². The lowest BCUT2D eigenvalue weighted by Crippen LogP contribution is -2.28. The SMILES string of the molecule is Cc1ccc(S(=O)(=O)CCC(=O)NC(C)c2ccc(CC(C)C)cc2)cc1. The van der Waals surface area contributed by atoms with Crippen LogP contribution < -0.4 is 5.32 Å². The molecule has 0 aliphatic rings. The van der Waals surface area contributed by atoms with Crippen LogP contribution in [0.15, 0.2) is 53.4 Å². The number of carbonyl (C=O) groups is 1. The Morgan fingerprint density at radius 3 is 2.11 bits per heavy atom. The molecule has 2 aromatic rings. The Kier molecular flexibility index (Phi) is 7.19. The van der Waals surface area contributed by atoms with Gasteiger partial charge >= 0.3 is 0 Å². The fraction of sp³-hybridized carbons (Fsp3) is 0.409. The van der Waals surface area contributed by atoms with Gasteiger partial charge in [0.2, 0.25) is 5.91 Å². The maximum absolute atomic E-state index is 12.3. The molecule has 0 aliphatic heterocycles. The van der Waals surface area contributed by atoms with E-state index >= 15 is 0 Å². The summed E-state index contributed by atoms with van der Waals surface area (Å²) < 4.78 is 24.7. The van der Waals surface area contributed by atoms with Crippen LogP contribution in [-0.2, 0) is 21.1 Å². The van der Waals surface area contributed by atoms with Gasteiger partial charge in [0, 0.05) is 6.42 Å². The number of amides is 1. The van der Waals surface area contributed by atoms with Gasteiger partial charge in [-0.2, -0.15) is 0 Å². The van der Waals surface area contributed by atoms with Crippen LogP contribution in [0.25, 0.3) is 0 Å². The molecule has 0 saturated heterocycles. The third-order valence-electron chi connectivity index (χ3n) is 4.48. The molecule has 2 rings (SSSR count). The number of hydrogen-bond donors (Lipinski definition) is 1. The van der Waals surface area contributed by atoms with Gasteiger partial charge in [0.25, 0.3) is 0 Å². The van der Waals surface area contributed by atoms with Crippen LogP contribution >= 0.6 is 0 Å². The van der Waals surface area contributed by atoms with Crippen molar-refractivity contribution in [1.29, 1.82) is 0 Å². The zero-order valence-electron chi connectivity index (χ0n) is 16.5. The van der Waals surface area contributed by atoms with Crippen molar-refractivity contribution in [2.75, 3.05) is 5.75 Å². The van der Waals surface area contributed by atoms with Crippen molar-refractivity contribution < 1.29 is 13.2 Å². The summed E-state index contributed by atoms with van der Waals surface area (Å²) in [6.45, 7) is 8.17. The van der Waals surface area contributed by atoms with Crippen LogP contribution in [0.4, 0.5) is 0 Å². The Balaban J connectivity index is 1.90. The Morgan fingerprint density at radius 1 is 0.963 bits per heavy atom. The fourth-order valence-electron chi connectivity index (χ4n) is 2.90. The molecule has 27 heavy (non-hydrogen) atoms. The predicted molar refractivity (Wildman–Crippen MR) is 109 cm³/mol. The van der Waals surface area contributed by atoms with E-state index < -0.39 is 9.84 Å². The summed E-state index contributed by atoms with van der Waals surface area (Å²) in [7, 11) is -3.45. The van der Waals surface area contributed by atoms with Gasteiger partial charge in [-0.25, -0.2) is 8.42 Å². The summed E-state index contributed by atoms with van der Waals surface area (Å²) >= 11 is 0. The monoisotopic (exact) mass is 387 g/mol. The van der Waals surface area contributed by atoms with Gasteiger partial charge in [-0.3, -0.25) is 4.79 Å². The molecule has 146 valence electrons. The number of aryl methyl sites for hydroxylation is 1. The van der Waals surface area contributed by atoms with E-state index in [-0.39, 0.29) is 29.0 Å². The summed E-state index contributed by atoms with van der Waals surface area (Å²) in [5.41, 5.74) is 3.29. The third kappa shape index (κ3) is 6.51. The molecule has 2 aromatic carbocycles. The van der Waals surface area contributed by atoms with Gasteiger partial charge in [0.15, 0.2) is 9.84 Å². The minimum absolute atomic E-state index is 0.0496. The lowest BCUT2D eigenvalue weighted by atomic mass is 10.00. The van der Waals surface area contributed by atoms with E-state index in [0.29, 0.717) is 5.92 Å². The lowest BCUT2D eigenvalue weighted by Gasteiger charge is -2.15. The van der Waals surface area contributed by atoms with Gasteiger partial charge in [0.05, 0.1) is 16.7 Å². The zero-order valence-corrected chi connectivity index (χ0v) is 17.3. The molecule has 0 fully saturated rings. The molecule has 1 N–H and O–H groups in total. The van der Waals surface area contributed by atoms with E-state index in [0.717, 1.165) is 17.5 Å². The highest BCUT2D eigenvalue weighted by Gasteiger charge is 2.17. The first-order valence-electron chi connectivity index (χ1n) is 9.35. The second-order valence-electron chi connectivity index (χ2n) is 7.51. The zero-order chi connectivity index (χ0) is 20.0. The number of benzene rings is 2. The van der Waals surface area contributed by atoms with Gasteiger partial charge in [-0.15, -0.1) is 0 Å². The van der Waals surface area contributed by atoms with Crippen molar-refractivity contribution in [2.24, 2.45) is 5.92 Å². The minimum atomic E-state index is -3.45. The van der Waals surface area contributed by atoms with Crippen molar-refractivity contribution in [3.8, 4) is 0 Å².